The van der Waals surface area contributed by atoms with Crippen molar-refractivity contribution in [3.05, 3.63) is 48.0 Å². The van der Waals surface area contributed by atoms with Crippen molar-refractivity contribution in [1.82, 2.24) is 20.4 Å². The Morgan fingerprint density at radius 3 is 2.62 bits per heavy atom. The Morgan fingerprint density at radius 2 is 1.83 bits per heavy atom. The number of hydrogen-bond acceptors (Lipinski definition) is 7. The first-order chi connectivity index (χ1) is 14.2. The predicted octanol–water partition coefficient (Wildman–Crippen LogP) is 2.49. The number of fused-ring (bicyclic) bond motifs is 1. The number of thioether (sulfide) groups is 1. The molecular weight excluding hydrogens is 406 g/mol. The van der Waals surface area contributed by atoms with Gasteiger partial charge in [0.25, 0.3) is 5.91 Å². The van der Waals surface area contributed by atoms with Gasteiger partial charge in [0, 0.05) is 38.8 Å². The van der Waals surface area contributed by atoms with Crippen LogP contribution in [0.1, 0.15) is 10.4 Å². The zero-order valence-electron chi connectivity index (χ0n) is 16.0. The second-order valence-electron chi connectivity index (χ2n) is 6.62. The van der Waals surface area contributed by atoms with Gasteiger partial charge >= 0.3 is 0 Å². The van der Waals surface area contributed by atoms with Crippen molar-refractivity contribution in [2.45, 2.75) is 4.34 Å². The molecule has 0 aliphatic carbocycles. The molecule has 1 aliphatic rings. The van der Waals surface area contributed by atoms with Crippen LogP contribution in [0, 0.1) is 0 Å². The average molecular weight is 428 g/mol. The molecule has 1 aliphatic heterocycles. The number of hydrogen-bond donors (Lipinski definition) is 1. The van der Waals surface area contributed by atoms with Crippen LogP contribution in [-0.4, -0.2) is 65.9 Å². The van der Waals surface area contributed by atoms with Crippen LogP contribution >= 0.6 is 23.1 Å². The second-order valence-corrected chi connectivity index (χ2v) is 8.80. The van der Waals surface area contributed by atoms with Gasteiger partial charge in [-0.15, -0.1) is 10.2 Å². The highest BCUT2D eigenvalue weighted by Crippen LogP contribution is 2.29. The van der Waals surface area contributed by atoms with E-state index in [1.807, 2.05) is 47.4 Å². The largest absolute Gasteiger partial charge is 0.358 e. The summed E-state index contributed by atoms with van der Waals surface area (Å²) in [6.07, 6.45) is 0. The first-order valence-corrected chi connectivity index (χ1v) is 11.1. The van der Waals surface area contributed by atoms with Crippen molar-refractivity contribution in [1.29, 1.82) is 0 Å². The molecule has 150 valence electrons. The first kappa shape index (κ1) is 19.7. The summed E-state index contributed by atoms with van der Waals surface area (Å²) in [5.74, 6) is 0.367. The zero-order valence-corrected chi connectivity index (χ0v) is 17.6. The molecular formula is C20H21N5O2S2. The molecule has 0 unspecified atom stereocenters. The Labute approximate surface area is 177 Å². The fourth-order valence-corrected chi connectivity index (χ4v) is 5.04. The Kier molecular flexibility index (Phi) is 5.96. The molecule has 1 fully saturated rings. The molecule has 1 N–H and O–H groups in total. The minimum absolute atomic E-state index is 0.0349. The van der Waals surface area contributed by atoms with E-state index in [1.54, 1.807) is 7.05 Å². The van der Waals surface area contributed by atoms with E-state index in [4.69, 9.17) is 0 Å². The zero-order chi connectivity index (χ0) is 20.2. The number of anilines is 1. The number of benzene rings is 2. The van der Waals surface area contributed by atoms with Crippen LogP contribution in [-0.2, 0) is 4.79 Å². The van der Waals surface area contributed by atoms with Gasteiger partial charge in [-0.25, -0.2) is 0 Å². The highest BCUT2D eigenvalue weighted by Gasteiger charge is 2.25. The third-order valence-electron chi connectivity index (χ3n) is 4.86. The molecule has 7 nitrogen and oxygen atoms in total. The van der Waals surface area contributed by atoms with E-state index in [0.29, 0.717) is 31.9 Å². The number of nitrogens with one attached hydrogen (secondary N) is 1. The third-order valence-corrected chi connectivity index (χ3v) is 6.98. The van der Waals surface area contributed by atoms with Crippen LogP contribution in [0.5, 0.6) is 0 Å². The lowest BCUT2D eigenvalue weighted by atomic mass is 10.0. The highest BCUT2D eigenvalue weighted by molar-refractivity contribution is 8.01. The third kappa shape index (κ3) is 4.35. The van der Waals surface area contributed by atoms with E-state index >= 15 is 0 Å². The number of carbonyl (C=O) groups is 2. The van der Waals surface area contributed by atoms with Crippen molar-refractivity contribution in [3.63, 3.8) is 0 Å². The van der Waals surface area contributed by atoms with E-state index in [2.05, 4.69) is 20.4 Å². The van der Waals surface area contributed by atoms with Gasteiger partial charge in [-0.1, -0.05) is 59.5 Å². The molecule has 2 amide bonds. The predicted molar refractivity (Wildman–Crippen MR) is 117 cm³/mol. The van der Waals surface area contributed by atoms with Crippen molar-refractivity contribution in [2.75, 3.05) is 43.9 Å². The molecule has 0 spiro atoms. The number of rotatable bonds is 5. The van der Waals surface area contributed by atoms with Crippen LogP contribution in [0.3, 0.4) is 0 Å². The van der Waals surface area contributed by atoms with E-state index < -0.39 is 0 Å². The van der Waals surface area contributed by atoms with E-state index in [1.165, 1.54) is 23.1 Å². The monoisotopic (exact) mass is 427 g/mol. The van der Waals surface area contributed by atoms with Crippen molar-refractivity contribution in [2.24, 2.45) is 0 Å². The van der Waals surface area contributed by atoms with Crippen LogP contribution in [0.4, 0.5) is 5.13 Å². The summed E-state index contributed by atoms with van der Waals surface area (Å²) in [5.41, 5.74) is 0.750. The maximum Gasteiger partial charge on any atom is 0.254 e. The van der Waals surface area contributed by atoms with Gasteiger partial charge in [0.15, 0.2) is 4.34 Å². The normalized spacial score (nSPS) is 14.2. The molecule has 3 aromatic rings. The number of nitrogens with zero attached hydrogens (tertiary/aromatic N) is 4. The molecule has 2 heterocycles. The van der Waals surface area contributed by atoms with Gasteiger partial charge in [0.2, 0.25) is 11.0 Å². The SMILES string of the molecule is CNC(=O)CSc1nnc(N2CCN(C(=O)c3cccc4ccccc34)CC2)s1. The minimum atomic E-state index is -0.0349. The minimum Gasteiger partial charge on any atom is -0.358 e. The molecule has 1 saturated heterocycles. The van der Waals surface area contributed by atoms with Crippen LogP contribution in [0.25, 0.3) is 10.8 Å². The summed E-state index contributed by atoms with van der Waals surface area (Å²) in [6, 6.07) is 13.8. The lowest BCUT2D eigenvalue weighted by Gasteiger charge is -2.34. The number of carbonyl (C=O) groups excluding carboxylic acids is 2. The van der Waals surface area contributed by atoms with Crippen molar-refractivity contribution in [3.8, 4) is 0 Å². The molecule has 1 aromatic heterocycles. The number of amides is 2. The maximum atomic E-state index is 13.1. The molecule has 4 rings (SSSR count). The Balaban J connectivity index is 1.39. The van der Waals surface area contributed by atoms with Crippen LogP contribution in [0.15, 0.2) is 46.8 Å². The van der Waals surface area contributed by atoms with Crippen molar-refractivity contribution < 1.29 is 9.59 Å². The standard InChI is InChI=1S/C20H21N5O2S2/c1-21-17(26)13-28-20-23-22-19(29-20)25-11-9-24(10-12-25)18(27)16-8-4-6-14-5-2-3-7-15(14)16/h2-8H,9-13H2,1H3,(H,21,26). The van der Waals surface area contributed by atoms with Gasteiger partial charge in [-0.3, -0.25) is 9.59 Å². The molecule has 0 atom stereocenters. The topological polar surface area (TPSA) is 78.4 Å². The number of aromatic nitrogens is 2. The molecule has 9 heteroatoms. The van der Waals surface area contributed by atoms with Crippen molar-refractivity contribution >= 4 is 50.8 Å². The quantitative estimate of drug-likeness (QED) is 0.631. The van der Waals surface area contributed by atoms with Gasteiger partial charge in [0.1, 0.15) is 0 Å². The first-order valence-electron chi connectivity index (χ1n) is 9.34. The fraction of sp³-hybridized carbons (Fsp3) is 0.300. The van der Waals surface area contributed by atoms with Crippen LogP contribution < -0.4 is 10.2 Å². The Hall–Kier alpha value is -2.65. The molecule has 0 bridgehead atoms. The number of piperazine rings is 1. The lowest BCUT2D eigenvalue weighted by molar-refractivity contribution is -0.118. The summed E-state index contributed by atoms with van der Waals surface area (Å²) >= 11 is 2.87. The van der Waals surface area contributed by atoms with Crippen LogP contribution in [0.2, 0.25) is 0 Å². The molecule has 0 radical (unpaired) electrons. The van der Waals surface area contributed by atoms with Gasteiger partial charge in [-0.2, -0.15) is 0 Å². The van der Waals surface area contributed by atoms with Gasteiger partial charge in [0.05, 0.1) is 5.75 Å². The summed E-state index contributed by atoms with van der Waals surface area (Å²) in [6.45, 7) is 2.71. The van der Waals surface area contributed by atoms with Gasteiger partial charge in [-0.05, 0) is 16.8 Å². The average Bonchev–Trinajstić information content (AvgIpc) is 3.26. The van der Waals surface area contributed by atoms with E-state index in [0.717, 1.165) is 25.8 Å². The Morgan fingerprint density at radius 1 is 1.07 bits per heavy atom. The summed E-state index contributed by atoms with van der Waals surface area (Å²) in [5, 5.41) is 13.9. The Bertz CT molecular complexity index is 1030. The summed E-state index contributed by atoms with van der Waals surface area (Å²) < 4.78 is 0.776. The molecule has 0 saturated carbocycles. The van der Waals surface area contributed by atoms with Gasteiger partial charge < -0.3 is 15.1 Å². The lowest BCUT2D eigenvalue weighted by Crippen LogP contribution is -2.48. The second kappa shape index (κ2) is 8.79. The van der Waals surface area contributed by atoms with E-state index in [-0.39, 0.29) is 11.8 Å². The summed E-state index contributed by atoms with van der Waals surface area (Å²) in [7, 11) is 1.62. The molecule has 29 heavy (non-hydrogen) atoms. The maximum absolute atomic E-state index is 13.1. The highest BCUT2D eigenvalue weighted by atomic mass is 32.2. The fourth-order valence-electron chi connectivity index (χ4n) is 3.27. The molecule has 2 aromatic carbocycles. The smallest absolute Gasteiger partial charge is 0.254 e. The summed E-state index contributed by atoms with van der Waals surface area (Å²) in [4.78, 5) is 28.5. The van der Waals surface area contributed by atoms with E-state index in [9.17, 15) is 9.59 Å².